The summed E-state index contributed by atoms with van der Waals surface area (Å²) in [6.07, 6.45) is 3.15. The van der Waals surface area contributed by atoms with E-state index in [1.807, 2.05) is 16.7 Å². The number of nitrogens with zero attached hydrogens (tertiary/aromatic N) is 2. The Hall–Kier alpha value is -2.73. The van der Waals surface area contributed by atoms with Crippen LogP contribution in [0.25, 0.3) is 5.65 Å². The topological polar surface area (TPSA) is 64.9 Å². The zero-order chi connectivity index (χ0) is 16.2. The van der Waals surface area contributed by atoms with Gasteiger partial charge in [-0.2, -0.15) is 0 Å². The number of amides is 1. The zero-order valence-electron chi connectivity index (χ0n) is 12.3. The van der Waals surface area contributed by atoms with Gasteiger partial charge in [-0.25, -0.2) is 9.78 Å². The molecule has 0 fully saturated rings. The van der Waals surface area contributed by atoms with Crippen molar-refractivity contribution in [3.8, 4) is 5.75 Å². The Kier molecular flexibility index (Phi) is 4.34. The van der Waals surface area contributed by atoms with Gasteiger partial charge in [0.2, 0.25) is 0 Å². The molecule has 0 radical (unpaired) electrons. The van der Waals surface area contributed by atoms with Crippen molar-refractivity contribution in [1.82, 2.24) is 9.38 Å². The van der Waals surface area contributed by atoms with Gasteiger partial charge in [0.05, 0.1) is 17.8 Å². The van der Waals surface area contributed by atoms with E-state index in [9.17, 15) is 4.79 Å². The standard InChI is InChI=1S/C16H14ClN3O3/c1-22-16(21)19-12-3-5-14(6-4-12)23-10-13-9-20-8-11(17)2-7-15(20)18-13/h2-9H,10H2,1H3,(H,19,21). The molecule has 3 rings (SSSR count). The van der Waals surface area contributed by atoms with E-state index in [-0.39, 0.29) is 0 Å². The number of hydrogen-bond donors (Lipinski definition) is 1. The van der Waals surface area contributed by atoms with E-state index >= 15 is 0 Å². The van der Waals surface area contributed by atoms with E-state index in [1.165, 1.54) is 7.11 Å². The van der Waals surface area contributed by atoms with Crippen molar-refractivity contribution >= 4 is 29.0 Å². The van der Waals surface area contributed by atoms with Crippen LogP contribution in [0.3, 0.4) is 0 Å². The van der Waals surface area contributed by atoms with E-state index in [0.717, 1.165) is 11.3 Å². The number of halogens is 1. The van der Waals surface area contributed by atoms with Crippen molar-refractivity contribution in [2.75, 3.05) is 12.4 Å². The summed E-state index contributed by atoms with van der Waals surface area (Å²) in [6.45, 7) is 0.336. The fourth-order valence-electron chi connectivity index (χ4n) is 2.05. The molecular weight excluding hydrogens is 318 g/mol. The molecule has 2 aromatic heterocycles. The molecule has 118 valence electrons. The highest BCUT2D eigenvalue weighted by Gasteiger charge is 2.04. The quantitative estimate of drug-likeness (QED) is 0.790. The first kappa shape index (κ1) is 15.2. The second-order valence-electron chi connectivity index (χ2n) is 4.77. The van der Waals surface area contributed by atoms with Crippen LogP contribution in [0.5, 0.6) is 5.75 Å². The monoisotopic (exact) mass is 331 g/mol. The van der Waals surface area contributed by atoms with E-state index in [4.69, 9.17) is 16.3 Å². The smallest absolute Gasteiger partial charge is 0.411 e. The number of fused-ring (bicyclic) bond motifs is 1. The maximum atomic E-state index is 11.1. The summed E-state index contributed by atoms with van der Waals surface area (Å²) in [7, 11) is 1.31. The first-order valence-corrected chi connectivity index (χ1v) is 7.23. The van der Waals surface area contributed by atoms with Gasteiger partial charge in [0.25, 0.3) is 0 Å². The molecule has 7 heteroatoms. The van der Waals surface area contributed by atoms with Gasteiger partial charge in [-0.15, -0.1) is 0 Å². The lowest BCUT2D eigenvalue weighted by molar-refractivity contribution is 0.187. The average molecular weight is 332 g/mol. The van der Waals surface area contributed by atoms with Crippen LogP contribution in [0.2, 0.25) is 5.02 Å². The molecule has 0 unspecified atom stereocenters. The Labute approximate surface area is 137 Å². The van der Waals surface area contributed by atoms with Crippen LogP contribution in [0, 0.1) is 0 Å². The summed E-state index contributed by atoms with van der Waals surface area (Å²) in [5.41, 5.74) is 2.24. The molecule has 6 nitrogen and oxygen atoms in total. The van der Waals surface area contributed by atoms with Gasteiger partial charge in [0.1, 0.15) is 18.0 Å². The Balaban J connectivity index is 1.63. The fraction of sp³-hybridized carbons (Fsp3) is 0.125. The maximum absolute atomic E-state index is 11.1. The number of ether oxygens (including phenoxy) is 2. The molecule has 0 aliphatic carbocycles. The van der Waals surface area contributed by atoms with E-state index < -0.39 is 6.09 Å². The summed E-state index contributed by atoms with van der Waals surface area (Å²) in [5.74, 6) is 0.676. The van der Waals surface area contributed by atoms with Gasteiger partial charge in [-0.05, 0) is 36.4 Å². The molecule has 0 saturated heterocycles. The number of methoxy groups -OCH3 is 1. The first-order chi connectivity index (χ1) is 11.1. The summed E-state index contributed by atoms with van der Waals surface area (Å²) in [6, 6.07) is 10.6. The molecule has 1 amide bonds. The Bertz CT molecular complexity index is 830. The summed E-state index contributed by atoms with van der Waals surface area (Å²) in [4.78, 5) is 15.5. The Morgan fingerprint density at radius 1 is 1.22 bits per heavy atom. The number of carbonyl (C=O) groups excluding carboxylic acids is 1. The number of rotatable bonds is 4. The third-order valence-corrected chi connectivity index (χ3v) is 3.36. The number of aromatic nitrogens is 2. The minimum absolute atomic E-state index is 0.336. The molecule has 23 heavy (non-hydrogen) atoms. The number of hydrogen-bond acceptors (Lipinski definition) is 4. The van der Waals surface area contributed by atoms with Crippen molar-refractivity contribution in [3.05, 3.63) is 59.5 Å². The molecule has 0 saturated carbocycles. The highest BCUT2D eigenvalue weighted by molar-refractivity contribution is 6.30. The molecule has 0 aliphatic heterocycles. The third-order valence-electron chi connectivity index (χ3n) is 3.14. The third kappa shape index (κ3) is 3.73. The van der Waals surface area contributed by atoms with Crippen LogP contribution >= 0.6 is 11.6 Å². The predicted molar refractivity (Wildman–Crippen MR) is 87.0 cm³/mol. The van der Waals surface area contributed by atoms with Crippen LogP contribution in [0.1, 0.15) is 5.69 Å². The Morgan fingerprint density at radius 3 is 2.74 bits per heavy atom. The molecule has 0 aliphatic rings. The maximum Gasteiger partial charge on any atom is 0.411 e. The van der Waals surface area contributed by atoms with E-state index in [0.29, 0.717) is 23.1 Å². The number of anilines is 1. The largest absolute Gasteiger partial charge is 0.487 e. The molecule has 3 aromatic rings. The number of nitrogens with one attached hydrogen (secondary N) is 1. The minimum Gasteiger partial charge on any atom is -0.487 e. The van der Waals surface area contributed by atoms with Crippen LogP contribution in [0.15, 0.2) is 48.8 Å². The summed E-state index contributed by atoms with van der Waals surface area (Å²) in [5, 5.41) is 3.22. The van der Waals surface area contributed by atoms with E-state index in [1.54, 1.807) is 36.5 Å². The Morgan fingerprint density at radius 2 is 2.00 bits per heavy atom. The lowest BCUT2D eigenvalue weighted by atomic mass is 10.3. The van der Waals surface area contributed by atoms with Gasteiger partial charge in [0, 0.05) is 18.1 Å². The van der Waals surface area contributed by atoms with Crippen molar-refractivity contribution in [1.29, 1.82) is 0 Å². The van der Waals surface area contributed by atoms with Crippen molar-refractivity contribution in [2.45, 2.75) is 6.61 Å². The molecule has 0 spiro atoms. The summed E-state index contributed by atoms with van der Waals surface area (Å²) >= 11 is 5.94. The molecule has 1 N–H and O–H groups in total. The van der Waals surface area contributed by atoms with Crippen LogP contribution in [0.4, 0.5) is 10.5 Å². The number of pyridine rings is 1. The second-order valence-corrected chi connectivity index (χ2v) is 5.21. The number of imidazole rings is 1. The predicted octanol–water partition coefficient (Wildman–Crippen LogP) is 3.75. The molecule has 0 bridgehead atoms. The molecular formula is C16H14ClN3O3. The van der Waals surface area contributed by atoms with Gasteiger partial charge < -0.3 is 13.9 Å². The molecule has 0 atom stereocenters. The summed E-state index contributed by atoms with van der Waals surface area (Å²) < 4.78 is 12.1. The van der Waals surface area contributed by atoms with Crippen LogP contribution < -0.4 is 10.1 Å². The van der Waals surface area contributed by atoms with Crippen LogP contribution in [-0.2, 0) is 11.3 Å². The number of benzene rings is 1. The van der Waals surface area contributed by atoms with Gasteiger partial charge >= 0.3 is 6.09 Å². The molecule has 1 aromatic carbocycles. The van der Waals surface area contributed by atoms with Crippen molar-refractivity contribution < 1.29 is 14.3 Å². The molecule has 2 heterocycles. The zero-order valence-corrected chi connectivity index (χ0v) is 13.1. The highest BCUT2D eigenvalue weighted by Crippen LogP contribution is 2.18. The number of carbonyl (C=O) groups is 1. The van der Waals surface area contributed by atoms with Gasteiger partial charge in [0.15, 0.2) is 0 Å². The van der Waals surface area contributed by atoms with Crippen molar-refractivity contribution in [2.24, 2.45) is 0 Å². The van der Waals surface area contributed by atoms with Crippen LogP contribution in [-0.4, -0.2) is 22.6 Å². The fourth-order valence-corrected chi connectivity index (χ4v) is 2.22. The first-order valence-electron chi connectivity index (χ1n) is 6.85. The normalized spacial score (nSPS) is 10.5. The lowest BCUT2D eigenvalue weighted by Crippen LogP contribution is -2.10. The minimum atomic E-state index is -0.512. The SMILES string of the molecule is COC(=O)Nc1ccc(OCc2cn3cc(Cl)ccc3n2)cc1. The van der Waals surface area contributed by atoms with E-state index in [2.05, 4.69) is 15.0 Å². The second kappa shape index (κ2) is 6.58. The van der Waals surface area contributed by atoms with Gasteiger partial charge in [-0.3, -0.25) is 5.32 Å². The van der Waals surface area contributed by atoms with Crippen molar-refractivity contribution in [3.63, 3.8) is 0 Å². The average Bonchev–Trinajstić information content (AvgIpc) is 2.96. The van der Waals surface area contributed by atoms with Gasteiger partial charge in [-0.1, -0.05) is 11.6 Å². The lowest BCUT2D eigenvalue weighted by Gasteiger charge is -2.06. The highest BCUT2D eigenvalue weighted by atomic mass is 35.5.